The lowest BCUT2D eigenvalue weighted by atomic mass is 9.77. The van der Waals surface area contributed by atoms with Gasteiger partial charge in [0.15, 0.2) is 0 Å². The van der Waals surface area contributed by atoms with Crippen LogP contribution in [0.3, 0.4) is 0 Å². The van der Waals surface area contributed by atoms with Gasteiger partial charge in [0, 0.05) is 24.3 Å². The molecule has 5 atom stereocenters. The standard InChI is InChI=1S/C18H26O3/c1-6-16(19)20-18-9-12(4)14-8-7-13(5)17(14,21-18)10-15(18)11(2)3/h6,11,13-15H,1,4,7-10H2,2-3,5H3/t13-,14-,15-,17-,18-/m0/s1. The van der Waals surface area contributed by atoms with E-state index in [2.05, 4.69) is 33.9 Å². The molecule has 21 heavy (non-hydrogen) atoms. The van der Waals surface area contributed by atoms with Gasteiger partial charge in [-0.25, -0.2) is 4.79 Å². The molecule has 2 bridgehead atoms. The Morgan fingerprint density at radius 2 is 2.19 bits per heavy atom. The topological polar surface area (TPSA) is 35.5 Å². The number of esters is 1. The van der Waals surface area contributed by atoms with Crippen molar-refractivity contribution in [3.8, 4) is 0 Å². The molecule has 3 rings (SSSR count). The van der Waals surface area contributed by atoms with Gasteiger partial charge in [-0.15, -0.1) is 0 Å². The van der Waals surface area contributed by atoms with Crippen LogP contribution >= 0.6 is 0 Å². The molecule has 2 heterocycles. The smallest absolute Gasteiger partial charge is 0.332 e. The highest BCUT2D eigenvalue weighted by Gasteiger charge is 2.68. The average Bonchev–Trinajstić information content (AvgIpc) is 2.87. The van der Waals surface area contributed by atoms with Crippen molar-refractivity contribution in [1.29, 1.82) is 0 Å². The molecule has 3 aliphatic rings. The summed E-state index contributed by atoms with van der Waals surface area (Å²) < 4.78 is 12.3. The normalized spacial score (nSPS) is 44.8. The van der Waals surface area contributed by atoms with Crippen molar-refractivity contribution in [3.05, 3.63) is 24.8 Å². The zero-order valence-corrected chi connectivity index (χ0v) is 13.4. The molecule has 0 aromatic heterocycles. The van der Waals surface area contributed by atoms with Gasteiger partial charge in [-0.1, -0.05) is 39.5 Å². The van der Waals surface area contributed by atoms with Gasteiger partial charge in [-0.3, -0.25) is 0 Å². The van der Waals surface area contributed by atoms with E-state index in [9.17, 15) is 4.79 Å². The highest BCUT2D eigenvalue weighted by molar-refractivity contribution is 5.81. The Balaban J connectivity index is 2.03. The number of carbonyl (C=O) groups excluding carboxylic acids is 1. The van der Waals surface area contributed by atoms with Crippen molar-refractivity contribution < 1.29 is 14.3 Å². The van der Waals surface area contributed by atoms with E-state index in [-0.39, 0.29) is 11.5 Å². The summed E-state index contributed by atoms with van der Waals surface area (Å²) >= 11 is 0. The minimum absolute atomic E-state index is 0.175. The van der Waals surface area contributed by atoms with Crippen LogP contribution in [0.15, 0.2) is 24.8 Å². The third kappa shape index (κ3) is 1.93. The maximum Gasteiger partial charge on any atom is 0.332 e. The van der Waals surface area contributed by atoms with Crippen molar-refractivity contribution in [2.45, 2.75) is 57.8 Å². The number of hydrogen-bond donors (Lipinski definition) is 0. The Bertz CT molecular complexity index is 495. The Morgan fingerprint density at radius 3 is 2.81 bits per heavy atom. The van der Waals surface area contributed by atoms with E-state index in [0.29, 0.717) is 24.2 Å². The van der Waals surface area contributed by atoms with E-state index in [4.69, 9.17) is 9.47 Å². The first-order valence-electron chi connectivity index (χ1n) is 8.08. The van der Waals surface area contributed by atoms with Crippen molar-refractivity contribution in [2.24, 2.45) is 23.7 Å². The number of rotatable bonds is 3. The lowest BCUT2D eigenvalue weighted by molar-refractivity contribution is -0.278. The molecule has 0 radical (unpaired) electrons. The van der Waals surface area contributed by atoms with Crippen LogP contribution in [0.4, 0.5) is 0 Å². The molecule has 1 spiro atoms. The van der Waals surface area contributed by atoms with Crippen molar-refractivity contribution >= 4 is 5.97 Å². The number of ether oxygens (including phenoxy) is 2. The van der Waals surface area contributed by atoms with Gasteiger partial charge < -0.3 is 9.47 Å². The lowest BCUT2D eigenvalue weighted by Crippen LogP contribution is -2.51. The first-order valence-corrected chi connectivity index (χ1v) is 8.08. The Hall–Kier alpha value is -1.09. The van der Waals surface area contributed by atoms with Gasteiger partial charge >= 0.3 is 5.97 Å². The van der Waals surface area contributed by atoms with Gasteiger partial charge in [0.1, 0.15) is 0 Å². The second-order valence-corrected chi connectivity index (χ2v) is 7.41. The second kappa shape index (κ2) is 4.70. The van der Waals surface area contributed by atoms with Crippen LogP contribution in [0.2, 0.25) is 0 Å². The van der Waals surface area contributed by atoms with Crippen LogP contribution in [0.25, 0.3) is 0 Å². The van der Waals surface area contributed by atoms with Gasteiger partial charge in [-0.2, -0.15) is 0 Å². The minimum atomic E-state index is -0.828. The molecule has 0 unspecified atom stereocenters. The first kappa shape index (κ1) is 14.8. The van der Waals surface area contributed by atoms with Gasteiger partial charge in [-0.05, 0) is 31.1 Å². The van der Waals surface area contributed by atoms with Gasteiger partial charge in [0.25, 0.3) is 0 Å². The number of hydrogen-bond acceptors (Lipinski definition) is 3. The third-order valence-electron chi connectivity index (χ3n) is 5.99. The molecule has 0 amide bonds. The van der Waals surface area contributed by atoms with Crippen LogP contribution in [0.5, 0.6) is 0 Å². The molecule has 0 N–H and O–H groups in total. The molecule has 0 aromatic rings. The maximum absolute atomic E-state index is 11.9. The van der Waals surface area contributed by atoms with E-state index in [1.54, 1.807) is 0 Å². The summed E-state index contributed by atoms with van der Waals surface area (Å²) in [5, 5.41) is 0. The molecule has 3 nitrogen and oxygen atoms in total. The molecule has 116 valence electrons. The highest BCUT2D eigenvalue weighted by atomic mass is 16.7. The van der Waals surface area contributed by atoms with E-state index >= 15 is 0 Å². The summed E-state index contributed by atoms with van der Waals surface area (Å²) in [4.78, 5) is 11.9. The predicted octanol–water partition coefficient (Wildman–Crippen LogP) is 3.85. The Morgan fingerprint density at radius 1 is 1.48 bits per heavy atom. The number of fused-ring (bicyclic) bond motifs is 1. The second-order valence-electron chi connectivity index (χ2n) is 7.41. The van der Waals surface area contributed by atoms with Crippen LogP contribution in [-0.2, 0) is 14.3 Å². The molecule has 3 heteroatoms. The monoisotopic (exact) mass is 290 g/mol. The quantitative estimate of drug-likeness (QED) is 0.450. The molecule has 2 saturated heterocycles. The molecule has 0 aromatic carbocycles. The molecule has 1 saturated carbocycles. The summed E-state index contributed by atoms with van der Waals surface area (Å²) in [6, 6.07) is 0. The molecule has 3 fully saturated rings. The summed E-state index contributed by atoms with van der Waals surface area (Å²) in [6.07, 6.45) is 5.15. The van der Waals surface area contributed by atoms with Gasteiger partial charge in [0.2, 0.25) is 5.79 Å². The third-order valence-corrected chi connectivity index (χ3v) is 5.99. The first-order chi connectivity index (χ1) is 9.84. The number of carbonyl (C=O) groups is 1. The molecular formula is C18H26O3. The van der Waals surface area contributed by atoms with Crippen LogP contribution in [0, 0.1) is 23.7 Å². The van der Waals surface area contributed by atoms with E-state index in [1.807, 2.05) is 0 Å². The van der Waals surface area contributed by atoms with E-state index < -0.39 is 11.8 Å². The fraction of sp³-hybridized carbons (Fsp3) is 0.722. The van der Waals surface area contributed by atoms with Crippen molar-refractivity contribution in [3.63, 3.8) is 0 Å². The zero-order chi connectivity index (χ0) is 15.4. The van der Waals surface area contributed by atoms with Crippen molar-refractivity contribution in [2.75, 3.05) is 0 Å². The van der Waals surface area contributed by atoms with Crippen molar-refractivity contribution in [1.82, 2.24) is 0 Å². The summed E-state index contributed by atoms with van der Waals surface area (Å²) in [6.45, 7) is 14.5. The van der Waals surface area contributed by atoms with Gasteiger partial charge in [0.05, 0.1) is 5.60 Å². The molecule has 1 aliphatic carbocycles. The lowest BCUT2D eigenvalue weighted by Gasteiger charge is -2.45. The van der Waals surface area contributed by atoms with Crippen LogP contribution in [-0.4, -0.2) is 17.4 Å². The Kier molecular flexibility index (Phi) is 3.32. The molecule has 2 aliphatic heterocycles. The fourth-order valence-electron chi connectivity index (χ4n) is 4.95. The SMILES string of the molecule is C=CC(=O)O[C@]12CC(=C)[C@@H]3CC[C@H](C)[C@]3(C[C@H]1C(C)C)O2. The van der Waals surface area contributed by atoms with Crippen LogP contribution in [0.1, 0.15) is 46.5 Å². The summed E-state index contributed by atoms with van der Waals surface area (Å²) in [5.41, 5.74) is 1.02. The minimum Gasteiger partial charge on any atom is -0.429 e. The largest absolute Gasteiger partial charge is 0.429 e. The average molecular weight is 290 g/mol. The fourth-order valence-corrected chi connectivity index (χ4v) is 4.95. The van der Waals surface area contributed by atoms with E-state index in [0.717, 1.165) is 12.8 Å². The highest BCUT2D eigenvalue weighted by Crippen LogP contribution is 2.64. The predicted molar refractivity (Wildman–Crippen MR) is 81.4 cm³/mol. The van der Waals surface area contributed by atoms with E-state index in [1.165, 1.54) is 18.1 Å². The van der Waals surface area contributed by atoms with Crippen LogP contribution < -0.4 is 0 Å². The Labute approximate surface area is 127 Å². The maximum atomic E-state index is 11.9. The summed E-state index contributed by atoms with van der Waals surface area (Å²) in [5.74, 6) is 0.322. The zero-order valence-electron chi connectivity index (χ0n) is 13.4. The summed E-state index contributed by atoms with van der Waals surface area (Å²) in [7, 11) is 0. The molecular weight excluding hydrogens is 264 g/mol.